The molecule has 9 heavy (non-hydrogen) atoms. The lowest BCUT2D eigenvalue weighted by Gasteiger charge is -2.08. The quantitative estimate of drug-likeness (QED) is 0.470. The molecule has 0 heterocycles. The van der Waals surface area contributed by atoms with E-state index in [-0.39, 0.29) is 0 Å². The van der Waals surface area contributed by atoms with Crippen LogP contribution in [0.1, 0.15) is 32.6 Å². The first-order chi connectivity index (χ1) is 4.43. The van der Waals surface area contributed by atoms with E-state index in [1.807, 2.05) is 0 Å². The zero-order chi connectivity index (χ0) is 6.53. The molecule has 0 saturated carbocycles. The highest BCUT2D eigenvalue weighted by atomic mass is 14.1. The van der Waals surface area contributed by atoms with Crippen molar-refractivity contribution in [3.63, 3.8) is 0 Å². The first-order valence-electron chi connectivity index (χ1n) is 3.88. The molecule has 0 nitrogen and oxygen atoms in total. The van der Waals surface area contributed by atoms with Crippen LogP contribution < -0.4 is 0 Å². The molecular weight excluding hydrogens is 108 g/mol. The highest BCUT2D eigenvalue weighted by Gasteiger charge is 2.05. The maximum absolute atomic E-state index is 2.34. The molecule has 51 valence electrons. The van der Waals surface area contributed by atoms with Crippen molar-refractivity contribution in [1.29, 1.82) is 0 Å². The summed E-state index contributed by atoms with van der Waals surface area (Å²) in [6.07, 6.45) is 12.3. The van der Waals surface area contributed by atoms with Gasteiger partial charge in [0.1, 0.15) is 0 Å². The molecule has 1 radical (unpaired) electrons. The monoisotopic (exact) mass is 123 g/mol. The Kier molecular flexibility index (Phi) is 2.82. The van der Waals surface area contributed by atoms with E-state index in [2.05, 4.69) is 25.5 Å². The van der Waals surface area contributed by atoms with E-state index in [1.165, 1.54) is 25.7 Å². The van der Waals surface area contributed by atoms with Crippen molar-refractivity contribution >= 4 is 0 Å². The van der Waals surface area contributed by atoms with Crippen molar-refractivity contribution in [2.45, 2.75) is 32.6 Å². The number of allylic oxidation sites excluding steroid dienone is 2. The molecule has 0 aromatic carbocycles. The van der Waals surface area contributed by atoms with Crippen molar-refractivity contribution in [1.82, 2.24) is 0 Å². The van der Waals surface area contributed by atoms with Gasteiger partial charge in [-0.2, -0.15) is 0 Å². The zero-order valence-corrected chi connectivity index (χ0v) is 6.14. The van der Waals surface area contributed by atoms with Crippen molar-refractivity contribution < 1.29 is 0 Å². The number of hydrogen-bond acceptors (Lipinski definition) is 0. The van der Waals surface area contributed by atoms with E-state index < -0.39 is 0 Å². The summed E-state index contributed by atoms with van der Waals surface area (Å²) >= 11 is 0. The van der Waals surface area contributed by atoms with E-state index in [4.69, 9.17) is 0 Å². The fourth-order valence-electron chi connectivity index (χ4n) is 1.33. The van der Waals surface area contributed by atoms with Gasteiger partial charge in [0.05, 0.1) is 0 Å². The summed E-state index contributed by atoms with van der Waals surface area (Å²) in [7, 11) is 0. The predicted octanol–water partition coefficient (Wildman–Crippen LogP) is 2.96. The van der Waals surface area contributed by atoms with Crippen molar-refractivity contribution in [3.8, 4) is 0 Å². The Morgan fingerprint density at radius 3 is 2.22 bits per heavy atom. The first-order valence-corrected chi connectivity index (χ1v) is 3.88. The molecule has 0 N–H and O–H groups in total. The van der Waals surface area contributed by atoms with Crippen LogP contribution in [0, 0.1) is 12.3 Å². The summed E-state index contributed by atoms with van der Waals surface area (Å²) in [5, 5.41) is 0. The second-order valence-corrected chi connectivity index (χ2v) is 2.72. The van der Waals surface area contributed by atoms with Gasteiger partial charge in [-0.3, -0.25) is 0 Å². The molecule has 0 unspecified atom stereocenters. The van der Waals surface area contributed by atoms with Gasteiger partial charge in [-0.05, 0) is 38.0 Å². The third-order valence-corrected chi connectivity index (χ3v) is 2.05. The minimum absolute atomic E-state index is 0.889. The molecule has 0 aliphatic heterocycles. The van der Waals surface area contributed by atoms with Gasteiger partial charge in [-0.25, -0.2) is 0 Å². The molecule has 1 aliphatic carbocycles. The number of rotatable bonds is 1. The van der Waals surface area contributed by atoms with E-state index in [0.29, 0.717) is 0 Å². The van der Waals surface area contributed by atoms with Gasteiger partial charge >= 0.3 is 0 Å². The van der Waals surface area contributed by atoms with Crippen molar-refractivity contribution in [2.24, 2.45) is 5.92 Å². The van der Waals surface area contributed by atoms with Gasteiger partial charge in [-0.15, -0.1) is 0 Å². The van der Waals surface area contributed by atoms with Gasteiger partial charge in [-0.1, -0.05) is 19.1 Å². The fraction of sp³-hybridized carbons (Fsp3) is 0.667. The summed E-state index contributed by atoms with van der Waals surface area (Å²) in [5.41, 5.74) is 0. The molecule has 1 rings (SSSR count). The summed E-state index contributed by atoms with van der Waals surface area (Å²) in [6, 6.07) is 0. The topological polar surface area (TPSA) is 0 Å². The van der Waals surface area contributed by atoms with Crippen LogP contribution in [0.5, 0.6) is 0 Å². The van der Waals surface area contributed by atoms with Crippen molar-refractivity contribution in [3.05, 3.63) is 18.6 Å². The molecule has 1 aliphatic rings. The predicted molar refractivity (Wildman–Crippen MR) is 41.1 cm³/mol. The van der Waals surface area contributed by atoms with Crippen LogP contribution in [0.3, 0.4) is 0 Å². The Bertz CT molecular complexity index is 82.2. The van der Waals surface area contributed by atoms with E-state index in [1.54, 1.807) is 0 Å². The fourth-order valence-corrected chi connectivity index (χ4v) is 1.33. The molecule has 0 fully saturated rings. The smallest absolute Gasteiger partial charge is 0.0348 e. The van der Waals surface area contributed by atoms with Crippen LogP contribution in [0.15, 0.2) is 12.2 Å². The Hall–Kier alpha value is -0.260. The third-order valence-electron chi connectivity index (χ3n) is 2.05. The van der Waals surface area contributed by atoms with Gasteiger partial charge in [0.25, 0.3) is 0 Å². The largest absolute Gasteiger partial charge is 0.0885 e. The van der Waals surface area contributed by atoms with Gasteiger partial charge in [0.15, 0.2) is 0 Å². The zero-order valence-electron chi connectivity index (χ0n) is 6.14. The second-order valence-electron chi connectivity index (χ2n) is 2.72. The van der Waals surface area contributed by atoms with E-state index >= 15 is 0 Å². The summed E-state index contributed by atoms with van der Waals surface area (Å²) in [5.74, 6) is 0.889. The lowest BCUT2D eigenvalue weighted by Crippen LogP contribution is -1.95. The standard InChI is InChI=1S/C9H15/c1-2-9-7-5-3-4-6-8-9/h2-4,9H,5-8H2,1H3. The van der Waals surface area contributed by atoms with Gasteiger partial charge in [0.2, 0.25) is 0 Å². The molecule has 0 amide bonds. The minimum Gasteiger partial charge on any atom is -0.0885 e. The third kappa shape index (κ3) is 2.21. The van der Waals surface area contributed by atoms with Crippen LogP contribution in [-0.4, -0.2) is 0 Å². The Morgan fingerprint density at radius 2 is 1.78 bits per heavy atom. The summed E-state index contributed by atoms with van der Waals surface area (Å²) in [6.45, 7) is 2.18. The second kappa shape index (κ2) is 3.71. The molecule has 0 saturated heterocycles. The Labute approximate surface area is 58.0 Å². The minimum atomic E-state index is 0.889. The summed E-state index contributed by atoms with van der Waals surface area (Å²) in [4.78, 5) is 0. The average Bonchev–Trinajstić information content (AvgIpc) is 2.13. The first kappa shape index (κ1) is 6.85. The average molecular weight is 123 g/mol. The molecule has 0 spiro atoms. The lowest BCUT2D eigenvalue weighted by molar-refractivity contribution is 0.533. The van der Waals surface area contributed by atoms with Crippen LogP contribution in [0.2, 0.25) is 0 Å². The lowest BCUT2D eigenvalue weighted by atomic mass is 9.98. The highest BCUT2D eigenvalue weighted by molar-refractivity contribution is 4.89. The molecule has 0 heteroatoms. The number of hydrogen-bond donors (Lipinski definition) is 0. The van der Waals surface area contributed by atoms with Crippen molar-refractivity contribution in [2.75, 3.05) is 0 Å². The SMILES string of the molecule is C[CH]C1CCC=CCC1. The maximum atomic E-state index is 2.34. The molecule has 0 bridgehead atoms. The maximum Gasteiger partial charge on any atom is -0.0348 e. The van der Waals surface area contributed by atoms with Crippen LogP contribution >= 0.6 is 0 Å². The normalized spacial score (nSPS) is 21.9. The summed E-state index contributed by atoms with van der Waals surface area (Å²) < 4.78 is 0. The Morgan fingerprint density at radius 1 is 1.22 bits per heavy atom. The van der Waals surface area contributed by atoms with E-state index in [9.17, 15) is 0 Å². The molecule has 0 aromatic heterocycles. The van der Waals surface area contributed by atoms with Crippen LogP contribution in [0.25, 0.3) is 0 Å². The molecule has 0 atom stereocenters. The van der Waals surface area contributed by atoms with Gasteiger partial charge < -0.3 is 0 Å². The molecular formula is C9H15. The van der Waals surface area contributed by atoms with Crippen LogP contribution in [0.4, 0.5) is 0 Å². The van der Waals surface area contributed by atoms with Gasteiger partial charge in [0, 0.05) is 0 Å². The molecule has 0 aromatic rings. The van der Waals surface area contributed by atoms with E-state index in [0.717, 1.165) is 5.92 Å². The van der Waals surface area contributed by atoms with Crippen LogP contribution in [-0.2, 0) is 0 Å². The Balaban J connectivity index is 2.26. The highest BCUT2D eigenvalue weighted by Crippen LogP contribution is 2.19.